The average Bonchev–Trinajstić information content (AvgIpc) is 2.52. The van der Waals surface area contributed by atoms with Gasteiger partial charge in [0, 0.05) is 23.2 Å². The second kappa shape index (κ2) is 6.31. The summed E-state index contributed by atoms with van der Waals surface area (Å²) in [6.07, 6.45) is 0.799. The maximum absolute atomic E-state index is 12.3. The Bertz CT molecular complexity index is 657. The van der Waals surface area contributed by atoms with Gasteiger partial charge in [0.1, 0.15) is 0 Å². The lowest BCUT2D eigenvalue weighted by Gasteiger charge is -2.25. The van der Waals surface area contributed by atoms with Crippen LogP contribution in [0.1, 0.15) is 11.1 Å². The molecule has 21 heavy (non-hydrogen) atoms. The molecule has 3 nitrogen and oxygen atoms in total. The fourth-order valence-electron chi connectivity index (χ4n) is 2.61. The van der Waals surface area contributed by atoms with Gasteiger partial charge in [-0.2, -0.15) is 0 Å². The number of rotatable bonds is 3. The van der Waals surface area contributed by atoms with Crippen LogP contribution in [0.4, 0.5) is 5.69 Å². The molecule has 1 heterocycles. The minimum Gasteiger partial charge on any atom is -0.384 e. The largest absolute Gasteiger partial charge is 0.384 e. The van der Waals surface area contributed by atoms with E-state index in [-0.39, 0.29) is 11.8 Å². The van der Waals surface area contributed by atoms with Crippen molar-refractivity contribution >= 4 is 27.5 Å². The smallest absolute Gasteiger partial charge is 0.225 e. The number of hydrogen-bond donors (Lipinski definition) is 2. The summed E-state index contributed by atoms with van der Waals surface area (Å²) in [5.74, 6) is 0.101. The fourth-order valence-corrected chi connectivity index (χ4v) is 3.05. The van der Waals surface area contributed by atoms with Gasteiger partial charge in [0.25, 0.3) is 0 Å². The van der Waals surface area contributed by atoms with E-state index >= 15 is 0 Å². The van der Waals surface area contributed by atoms with E-state index in [9.17, 15) is 4.79 Å². The zero-order chi connectivity index (χ0) is 14.7. The molecule has 0 spiro atoms. The Morgan fingerprint density at radius 2 is 2.10 bits per heavy atom. The zero-order valence-corrected chi connectivity index (χ0v) is 13.2. The number of carbonyl (C=O) groups is 1. The predicted molar refractivity (Wildman–Crippen MR) is 88.1 cm³/mol. The Kier molecular flexibility index (Phi) is 4.25. The van der Waals surface area contributed by atoms with E-state index in [2.05, 4.69) is 38.7 Å². The van der Waals surface area contributed by atoms with Gasteiger partial charge in [0.05, 0.1) is 5.92 Å². The Morgan fingerprint density at radius 1 is 1.24 bits per heavy atom. The van der Waals surface area contributed by atoms with Crippen LogP contribution in [0, 0.1) is 5.92 Å². The summed E-state index contributed by atoms with van der Waals surface area (Å²) in [7, 11) is 0. The van der Waals surface area contributed by atoms with E-state index in [4.69, 9.17) is 0 Å². The highest BCUT2D eigenvalue weighted by Crippen LogP contribution is 2.24. The Balaban J connectivity index is 1.59. The summed E-state index contributed by atoms with van der Waals surface area (Å²) in [5.41, 5.74) is 3.46. The van der Waals surface area contributed by atoms with Crippen molar-refractivity contribution < 1.29 is 4.79 Å². The molecule has 1 amide bonds. The number of nitrogens with one attached hydrogen (secondary N) is 2. The van der Waals surface area contributed by atoms with Crippen molar-refractivity contribution in [3.8, 4) is 0 Å². The van der Waals surface area contributed by atoms with Crippen LogP contribution >= 0.6 is 15.9 Å². The van der Waals surface area contributed by atoms with Crippen LogP contribution in [0.5, 0.6) is 0 Å². The van der Waals surface area contributed by atoms with Gasteiger partial charge in [-0.1, -0.05) is 46.3 Å². The lowest BCUT2D eigenvalue weighted by molar-refractivity contribution is -0.124. The summed E-state index contributed by atoms with van der Waals surface area (Å²) >= 11 is 3.44. The van der Waals surface area contributed by atoms with E-state index < -0.39 is 0 Å². The molecule has 108 valence electrons. The molecule has 0 aromatic heterocycles. The highest BCUT2D eigenvalue weighted by molar-refractivity contribution is 9.10. The van der Waals surface area contributed by atoms with Crippen LogP contribution in [0.2, 0.25) is 0 Å². The van der Waals surface area contributed by atoms with E-state index in [1.54, 1.807) is 0 Å². The van der Waals surface area contributed by atoms with Gasteiger partial charge in [0.15, 0.2) is 0 Å². The molecular weight excluding hydrogens is 328 g/mol. The van der Waals surface area contributed by atoms with Gasteiger partial charge in [-0.25, -0.2) is 0 Å². The molecule has 0 fully saturated rings. The monoisotopic (exact) mass is 344 g/mol. The highest BCUT2D eigenvalue weighted by Gasteiger charge is 2.23. The van der Waals surface area contributed by atoms with Gasteiger partial charge >= 0.3 is 0 Å². The third kappa shape index (κ3) is 3.45. The van der Waals surface area contributed by atoms with E-state index in [1.807, 2.05) is 36.4 Å². The Labute approximate surface area is 132 Å². The van der Waals surface area contributed by atoms with E-state index in [1.165, 1.54) is 5.56 Å². The van der Waals surface area contributed by atoms with Crippen molar-refractivity contribution in [2.45, 2.75) is 13.0 Å². The zero-order valence-electron chi connectivity index (χ0n) is 11.6. The molecule has 0 saturated heterocycles. The first-order chi connectivity index (χ1) is 10.2. The predicted octanol–water partition coefficient (Wildman–Crippen LogP) is 3.35. The number of para-hydroxylation sites is 1. The molecule has 1 aliphatic rings. The standard InChI is InChI=1S/C17H17BrN2O/c18-15-6-3-4-12(8-15)10-20-17(21)14-9-13-5-1-2-7-16(13)19-11-14/h1-8,14,19H,9-11H2,(H,20,21). The molecular formula is C17H17BrN2O. The number of hydrogen-bond acceptors (Lipinski definition) is 2. The van der Waals surface area contributed by atoms with Gasteiger partial charge in [-0.05, 0) is 35.7 Å². The molecule has 3 rings (SSSR count). The van der Waals surface area contributed by atoms with Crippen molar-refractivity contribution in [1.29, 1.82) is 0 Å². The summed E-state index contributed by atoms with van der Waals surface area (Å²) in [6, 6.07) is 16.2. The minimum absolute atomic E-state index is 0.00736. The van der Waals surface area contributed by atoms with Crippen LogP contribution < -0.4 is 10.6 Å². The van der Waals surface area contributed by atoms with Crippen LogP contribution in [-0.2, 0) is 17.8 Å². The number of anilines is 1. The topological polar surface area (TPSA) is 41.1 Å². The Hall–Kier alpha value is -1.81. The molecule has 2 aromatic carbocycles. The second-order valence-corrected chi connectivity index (χ2v) is 6.20. The average molecular weight is 345 g/mol. The molecule has 1 unspecified atom stereocenters. The second-order valence-electron chi connectivity index (χ2n) is 5.29. The first-order valence-electron chi connectivity index (χ1n) is 7.06. The molecule has 2 aromatic rings. The third-order valence-corrected chi connectivity index (χ3v) is 4.24. The number of fused-ring (bicyclic) bond motifs is 1. The first kappa shape index (κ1) is 14.1. The molecule has 1 aliphatic heterocycles. The molecule has 4 heteroatoms. The van der Waals surface area contributed by atoms with Gasteiger partial charge in [-0.15, -0.1) is 0 Å². The molecule has 0 aliphatic carbocycles. The molecule has 0 saturated carbocycles. The van der Waals surface area contributed by atoms with Gasteiger partial charge in [0.2, 0.25) is 5.91 Å². The third-order valence-electron chi connectivity index (χ3n) is 3.75. The van der Waals surface area contributed by atoms with Crippen LogP contribution in [-0.4, -0.2) is 12.5 Å². The van der Waals surface area contributed by atoms with E-state index in [0.717, 1.165) is 22.1 Å². The molecule has 1 atom stereocenters. The minimum atomic E-state index is -0.00736. The number of benzene rings is 2. The first-order valence-corrected chi connectivity index (χ1v) is 7.85. The van der Waals surface area contributed by atoms with Crippen LogP contribution in [0.25, 0.3) is 0 Å². The van der Waals surface area contributed by atoms with Crippen molar-refractivity contribution in [3.05, 3.63) is 64.1 Å². The summed E-state index contributed by atoms with van der Waals surface area (Å²) in [6.45, 7) is 1.26. The normalized spacial score (nSPS) is 16.7. The summed E-state index contributed by atoms with van der Waals surface area (Å²) in [4.78, 5) is 12.3. The number of amides is 1. The number of halogens is 1. The van der Waals surface area contributed by atoms with Crippen molar-refractivity contribution in [3.63, 3.8) is 0 Å². The Morgan fingerprint density at radius 3 is 2.95 bits per heavy atom. The van der Waals surface area contributed by atoms with Gasteiger partial charge < -0.3 is 10.6 Å². The van der Waals surface area contributed by atoms with Gasteiger partial charge in [-0.3, -0.25) is 4.79 Å². The molecule has 0 bridgehead atoms. The van der Waals surface area contributed by atoms with Crippen LogP contribution in [0.15, 0.2) is 53.0 Å². The summed E-state index contributed by atoms with van der Waals surface area (Å²) < 4.78 is 1.03. The maximum atomic E-state index is 12.3. The maximum Gasteiger partial charge on any atom is 0.225 e. The van der Waals surface area contributed by atoms with Crippen molar-refractivity contribution in [2.75, 3.05) is 11.9 Å². The van der Waals surface area contributed by atoms with E-state index in [0.29, 0.717) is 13.1 Å². The van der Waals surface area contributed by atoms with Crippen molar-refractivity contribution in [1.82, 2.24) is 5.32 Å². The van der Waals surface area contributed by atoms with Crippen molar-refractivity contribution in [2.24, 2.45) is 5.92 Å². The quantitative estimate of drug-likeness (QED) is 0.896. The molecule has 2 N–H and O–H groups in total. The lowest BCUT2D eigenvalue weighted by atomic mass is 9.93. The lowest BCUT2D eigenvalue weighted by Crippen LogP contribution is -2.37. The fraction of sp³-hybridized carbons (Fsp3) is 0.235. The molecule has 0 radical (unpaired) electrons. The highest BCUT2D eigenvalue weighted by atomic mass is 79.9. The SMILES string of the molecule is O=C(NCc1cccc(Br)c1)C1CNc2ccccc2C1. The summed E-state index contributed by atoms with van der Waals surface area (Å²) in [5, 5.41) is 6.36. The van der Waals surface area contributed by atoms with Crippen LogP contribution in [0.3, 0.4) is 0 Å². The number of carbonyl (C=O) groups excluding carboxylic acids is 1.